The molecule has 6 atom stereocenters. The van der Waals surface area contributed by atoms with Crippen LogP contribution in [0.15, 0.2) is 12.1 Å². The molecule has 4 aliphatic carbocycles. The summed E-state index contributed by atoms with van der Waals surface area (Å²) in [5, 5.41) is 22.0. The average Bonchev–Trinajstić information content (AvgIpc) is 2.92. The molecular weight excluding hydrogens is 284 g/mol. The van der Waals surface area contributed by atoms with Crippen LogP contribution in [0.1, 0.15) is 30.4 Å². The lowest BCUT2D eigenvalue weighted by molar-refractivity contribution is -0.181. The van der Waals surface area contributed by atoms with E-state index in [4.69, 9.17) is 9.47 Å². The molecule has 3 fully saturated rings. The predicted octanol–water partition coefficient (Wildman–Crippen LogP) is 0.434. The minimum atomic E-state index is -1.24. The predicted molar refractivity (Wildman–Crippen MR) is 74.1 cm³/mol. The van der Waals surface area contributed by atoms with E-state index in [0.29, 0.717) is 17.9 Å². The van der Waals surface area contributed by atoms with Crippen molar-refractivity contribution in [3.05, 3.63) is 23.3 Å². The molecule has 1 aromatic carbocycles. The summed E-state index contributed by atoms with van der Waals surface area (Å²) in [5.41, 5.74) is 0.0429. The minimum Gasteiger partial charge on any atom is -0.493 e. The summed E-state index contributed by atoms with van der Waals surface area (Å²) in [7, 11) is 1.58. The standard InChI is InChI=1S/C17H16O5/c1-21-9-3-2-7-12-13(9)22-14-8(18)4-11(19)17(20)10-5-15(7,10)6-16(12,14)17/h2-3,10-11,14,19-20H,4-6H2,1H3. The maximum Gasteiger partial charge on any atom is 0.177 e. The first kappa shape index (κ1) is 11.9. The molecule has 2 bridgehead atoms. The fourth-order valence-electron chi connectivity index (χ4n) is 6.38. The lowest BCUT2D eigenvalue weighted by Crippen LogP contribution is -2.68. The number of carbonyl (C=O) groups excluding carboxylic acids is 1. The summed E-state index contributed by atoms with van der Waals surface area (Å²) in [6.45, 7) is 0. The monoisotopic (exact) mass is 300 g/mol. The van der Waals surface area contributed by atoms with Crippen molar-refractivity contribution in [3.63, 3.8) is 0 Å². The second-order valence-electron chi connectivity index (χ2n) is 7.59. The van der Waals surface area contributed by atoms with Gasteiger partial charge < -0.3 is 19.7 Å². The Labute approximate surface area is 126 Å². The number of ether oxygens (including phenoxy) is 2. The van der Waals surface area contributed by atoms with E-state index in [-0.39, 0.29) is 23.5 Å². The smallest absolute Gasteiger partial charge is 0.177 e. The van der Waals surface area contributed by atoms with Crippen molar-refractivity contribution in [2.75, 3.05) is 7.11 Å². The normalized spacial score (nSPS) is 51.4. The number of rotatable bonds is 1. The number of fused-ring (bicyclic) bond motifs is 1. The summed E-state index contributed by atoms with van der Waals surface area (Å²) < 4.78 is 11.4. The lowest BCUT2D eigenvalue weighted by atomic mass is 9.57. The maximum atomic E-state index is 12.5. The van der Waals surface area contributed by atoms with E-state index in [1.807, 2.05) is 6.07 Å². The molecule has 1 aliphatic heterocycles. The SMILES string of the molecule is COc1ccc2c3c1OC1C(=O)CC(O)C4(O)C5CC25CC314. The third-order valence-electron chi connectivity index (χ3n) is 7.12. The van der Waals surface area contributed by atoms with E-state index in [1.54, 1.807) is 7.11 Å². The third kappa shape index (κ3) is 0.802. The van der Waals surface area contributed by atoms with E-state index in [2.05, 4.69) is 6.07 Å². The Hall–Kier alpha value is -1.59. The van der Waals surface area contributed by atoms with Crippen LogP contribution in [0.4, 0.5) is 0 Å². The topological polar surface area (TPSA) is 76.0 Å². The van der Waals surface area contributed by atoms with Gasteiger partial charge in [0.15, 0.2) is 23.4 Å². The Kier molecular flexibility index (Phi) is 1.58. The number of aliphatic hydroxyl groups excluding tert-OH is 1. The van der Waals surface area contributed by atoms with Crippen LogP contribution in [0.25, 0.3) is 0 Å². The zero-order chi connectivity index (χ0) is 15.1. The first-order valence-electron chi connectivity index (χ1n) is 7.82. The quantitative estimate of drug-likeness (QED) is 0.787. The van der Waals surface area contributed by atoms with Crippen molar-refractivity contribution in [3.8, 4) is 11.5 Å². The number of carbonyl (C=O) groups is 1. The number of Topliss-reactive ketones (excluding diaryl/α,β-unsaturated/α-hetero) is 1. The fourth-order valence-corrected chi connectivity index (χ4v) is 6.38. The van der Waals surface area contributed by atoms with Crippen molar-refractivity contribution >= 4 is 5.78 Å². The van der Waals surface area contributed by atoms with Gasteiger partial charge in [-0.1, -0.05) is 6.07 Å². The second kappa shape index (κ2) is 2.93. The zero-order valence-corrected chi connectivity index (χ0v) is 12.1. The minimum absolute atomic E-state index is 0.0267. The summed E-state index contributed by atoms with van der Waals surface area (Å²) in [6, 6.07) is 3.95. The van der Waals surface area contributed by atoms with Gasteiger partial charge in [-0.05, 0) is 24.5 Å². The van der Waals surface area contributed by atoms with Crippen LogP contribution >= 0.6 is 0 Å². The van der Waals surface area contributed by atoms with Crippen LogP contribution in [-0.2, 0) is 15.6 Å². The molecule has 0 aromatic heterocycles. The van der Waals surface area contributed by atoms with Crippen molar-refractivity contribution < 1.29 is 24.5 Å². The number of hydrogen-bond acceptors (Lipinski definition) is 5. The highest BCUT2D eigenvalue weighted by atomic mass is 16.5. The Bertz CT molecular complexity index is 787. The highest BCUT2D eigenvalue weighted by Gasteiger charge is 2.90. The molecule has 3 saturated carbocycles. The van der Waals surface area contributed by atoms with Crippen molar-refractivity contribution in [2.45, 2.75) is 47.9 Å². The molecule has 6 rings (SSSR count). The molecule has 6 unspecified atom stereocenters. The van der Waals surface area contributed by atoms with E-state index in [9.17, 15) is 15.0 Å². The average molecular weight is 300 g/mol. The number of hydrogen-bond donors (Lipinski definition) is 2. The van der Waals surface area contributed by atoms with Gasteiger partial charge in [-0.2, -0.15) is 0 Å². The van der Waals surface area contributed by atoms with Crippen LogP contribution in [0, 0.1) is 5.92 Å². The summed E-state index contributed by atoms with van der Waals surface area (Å²) in [6.07, 6.45) is -0.106. The first-order valence-corrected chi connectivity index (χ1v) is 7.82. The van der Waals surface area contributed by atoms with Crippen LogP contribution in [0.3, 0.4) is 0 Å². The molecule has 2 spiro atoms. The maximum absolute atomic E-state index is 12.5. The van der Waals surface area contributed by atoms with Crippen molar-refractivity contribution in [1.29, 1.82) is 0 Å². The van der Waals surface area contributed by atoms with Crippen LogP contribution < -0.4 is 9.47 Å². The summed E-state index contributed by atoms with van der Waals surface area (Å²) >= 11 is 0. The van der Waals surface area contributed by atoms with Crippen LogP contribution in [-0.4, -0.2) is 40.9 Å². The molecule has 0 radical (unpaired) electrons. The van der Waals surface area contributed by atoms with E-state index in [0.717, 1.165) is 12.0 Å². The van der Waals surface area contributed by atoms with Crippen LogP contribution in [0.5, 0.6) is 11.5 Å². The van der Waals surface area contributed by atoms with E-state index in [1.165, 1.54) is 5.56 Å². The molecule has 5 nitrogen and oxygen atoms in total. The Balaban J connectivity index is 1.75. The number of methoxy groups -OCH3 is 1. The number of ketones is 1. The highest BCUT2D eigenvalue weighted by Crippen LogP contribution is 2.84. The molecule has 1 heterocycles. The van der Waals surface area contributed by atoms with Crippen LogP contribution in [0.2, 0.25) is 0 Å². The van der Waals surface area contributed by atoms with Gasteiger partial charge in [0.2, 0.25) is 0 Å². The van der Waals surface area contributed by atoms with Gasteiger partial charge in [0.1, 0.15) is 5.60 Å². The van der Waals surface area contributed by atoms with Crippen molar-refractivity contribution in [2.24, 2.45) is 5.92 Å². The number of aliphatic hydroxyl groups is 2. The van der Waals surface area contributed by atoms with E-state index < -0.39 is 23.2 Å². The zero-order valence-electron chi connectivity index (χ0n) is 12.1. The van der Waals surface area contributed by atoms with Gasteiger partial charge >= 0.3 is 0 Å². The van der Waals surface area contributed by atoms with Crippen molar-refractivity contribution in [1.82, 2.24) is 0 Å². The fraction of sp³-hybridized carbons (Fsp3) is 0.588. The Morgan fingerprint density at radius 3 is 3.00 bits per heavy atom. The Morgan fingerprint density at radius 1 is 1.41 bits per heavy atom. The molecular formula is C17H16O5. The molecule has 0 saturated heterocycles. The van der Waals surface area contributed by atoms with Gasteiger partial charge in [0.05, 0.1) is 18.6 Å². The van der Waals surface area contributed by atoms with E-state index >= 15 is 0 Å². The van der Waals surface area contributed by atoms with Gasteiger partial charge in [-0.3, -0.25) is 4.79 Å². The summed E-state index contributed by atoms with van der Waals surface area (Å²) in [5.74, 6) is 1.14. The van der Waals surface area contributed by atoms with Gasteiger partial charge in [0, 0.05) is 23.3 Å². The summed E-state index contributed by atoms with van der Waals surface area (Å²) in [4.78, 5) is 12.5. The number of benzene rings is 1. The molecule has 114 valence electrons. The molecule has 0 amide bonds. The molecule has 22 heavy (non-hydrogen) atoms. The molecule has 5 heteroatoms. The van der Waals surface area contributed by atoms with Gasteiger partial charge in [-0.25, -0.2) is 0 Å². The Morgan fingerprint density at radius 2 is 2.23 bits per heavy atom. The second-order valence-corrected chi connectivity index (χ2v) is 7.59. The van der Waals surface area contributed by atoms with Gasteiger partial charge in [0.25, 0.3) is 0 Å². The third-order valence-corrected chi connectivity index (χ3v) is 7.12. The highest BCUT2D eigenvalue weighted by molar-refractivity contribution is 5.92. The molecule has 5 aliphatic rings. The largest absolute Gasteiger partial charge is 0.493 e. The lowest BCUT2D eigenvalue weighted by Gasteiger charge is -2.50. The molecule has 2 N–H and O–H groups in total. The first-order chi connectivity index (χ1) is 10.5. The molecule has 1 aromatic rings. The van der Waals surface area contributed by atoms with Gasteiger partial charge in [-0.15, -0.1) is 0 Å².